The van der Waals surface area contributed by atoms with Gasteiger partial charge in [-0.15, -0.1) is 12.3 Å². The molecule has 1 unspecified atom stereocenters. The van der Waals surface area contributed by atoms with Gasteiger partial charge in [-0.2, -0.15) is 0 Å². The fourth-order valence-electron chi connectivity index (χ4n) is 1.04. The van der Waals surface area contributed by atoms with Crippen LogP contribution in [0.3, 0.4) is 0 Å². The van der Waals surface area contributed by atoms with Crippen LogP contribution < -0.4 is 0 Å². The van der Waals surface area contributed by atoms with Gasteiger partial charge in [0, 0.05) is 17.0 Å². The summed E-state index contributed by atoms with van der Waals surface area (Å²) in [7, 11) is 0. The van der Waals surface area contributed by atoms with E-state index in [4.69, 9.17) is 18.0 Å². The Morgan fingerprint density at radius 3 is 2.85 bits per heavy atom. The zero-order valence-corrected chi connectivity index (χ0v) is 7.55. The Bertz CT molecular complexity index is 323. The van der Waals surface area contributed by atoms with Crippen LogP contribution in [-0.4, -0.2) is 5.11 Å². The van der Waals surface area contributed by atoms with Crippen molar-refractivity contribution in [3.05, 3.63) is 34.6 Å². The van der Waals surface area contributed by atoms with Crippen LogP contribution in [0.1, 0.15) is 18.1 Å². The smallest absolute Gasteiger partial charge is 0.130 e. The maximum atomic E-state index is 13.1. The molecule has 0 aliphatic heterocycles. The van der Waals surface area contributed by atoms with Gasteiger partial charge in [0.15, 0.2) is 0 Å². The van der Waals surface area contributed by atoms with Gasteiger partial charge in [-0.3, -0.25) is 0 Å². The van der Waals surface area contributed by atoms with Gasteiger partial charge in [0.25, 0.3) is 0 Å². The zero-order chi connectivity index (χ0) is 9.84. The molecule has 1 aromatic carbocycles. The van der Waals surface area contributed by atoms with Crippen LogP contribution in [0, 0.1) is 18.2 Å². The quantitative estimate of drug-likeness (QED) is 0.725. The van der Waals surface area contributed by atoms with E-state index in [9.17, 15) is 9.50 Å². The molecule has 3 heteroatoms. The Morgan fingerprint density at radius 1 is 1.62 bits per heavy atom. The molecule has 1 aromatic rings. The molecule has 1 nitrogen and oxygen atoms in total. The molecule has 0 radical (unpaired) electrons. The Labute approximate surface area is 81.2 Å². The second-order valence-corrected chi connectivity index (χ2v) is 2.97. The minimum atomic E-state index is -1.03. The van der Waals surface area contributed by atoms with E-state index < -0.39 is 11.9 Å². The largest absolute Gasteiger partial charge is 0.387 e. The third kappa shape index (κ3) is 2.21. The van der Waals surface area contributed by atoms with Crippen LogP contribution in [0.2, 0.25) is 5.02 Å². The highest BCUT2D eigenvalue weighted by molar-refractivity contribution is 6.31. The molecule has 0 saturated carbocycles. The molecule has 1 atom stereocenters. The third-order valence-electron chi connectivity index (χ3n) is 1.64. The molecule has 13 heavy (non-hydrogen) atoms. The van der Waals surface area contributed by atoms with Crippen molar-refractivity contribution in [2.75, 3.05) is 0 Å². The van der Waals surface area contributed by atoms with Crippen LogP contribution in [-0.2, 0) is 0 Å². The number of aliphatic hydroxyl groups is 1. The lowest BCUT2D eigenvalue weighted by Crippen LogP contribution is -2.00. The number of aliphatic hydroxyl groups excluding tert-OH is 1. The number of rotatable bonds is 2. The van der Waals surface area contributed by atoms with E-state index in [1.165, 1.54) is 18.2 Å². The Kier molecular flexibility index (Phi) is 3.30. The Hall–Kier alpha value is -1.04. The second kappa shape index (κ2) is 4.27. The molecule has 0 heterocycles. The van der Waals surface area contributed by atoms with Gasteiger partial charge < -0.3 is 5.11 Å². The highest BCUT2D eigenvalue weighted by atomic mass is 35.5. The Balaban J connectivity index is 3.06. The minimum absolute atomic E-state index is 0.0562. The number of hydrogen-bond donors (Lipinski definition) is 1. The average molecular weight is 199 g/mol. The predicted octanol–water partition coefficient (Wildman–Crippen LogP) is 2.54. The highest BCUT2D eigenvalue weighted by Gasteiger charge is 2.14. The maximum absolute atomic E-state index is 13.1. The van der Waals surface area contributed by atoms with E-state index in [1.54, 1.807) is 0 Å². The molecule has 0 saturated heterocycles. The zero-order valence-electron chi connectivity index (χ0n) is 6.80. The van der Waals surface area contributed by atoms with Crippen molar-refractivity contribution in [2.24, 2.45) is 0 Å². The van der Waals surface area contributed by atoms with E-state index in [0.29, 0.717) is 0 Å². The van der Waals surface area contributed by atoms with Gasteiger partial charge in [0.05, 0.1) is 6.10 Å². The van der Waals surface area contributed by atoms with Gasteiger partial charge in [-0.1, -0.05) is 17.7 Å². The molecule has 0 aliphatic carbocycles. The van der Waals surface area contributed by atoms with Gasteiger partial charge in [0.2, 0.25) is 0 Å². The SMILES string of the molecule is C#CCC(O)c1c(F)cccc1Cl. The maximum Gasteiger partial charge on any atom is 0.130 e. The topological polar surface area (TPSA) is 20.2 Å². The van der Waals surface area contributed by atoms with E-state index in [2.05, 4.69) is 5.92 Å². The molecule has 0 bridgehead atoms. The third-order valence-corrected chi connectivity index (χ3v) is 1.97. The lowest BCUT2D eigenvalue weighted by Gasteiger charge is -2.10. The standard InChI is InChI=1S/C10H8ClFO/c1-2-4-9(13)10-7(11)5-3-6-8(10)12/h1,3,5-6,9,13H,4H2. The lowest BCUT2D eigenvalue weighted by molar-refractivity contribution is 0.179. The van der Waals surface area contributed by atoms with Crippen LogP contribution in [0.15, 0.2) is 18.2 Å². The fraction of sp³-hybridized carbons (Fsp3) is 0.200. The average Bonchev–Trinajstić information content (AvgIpc) is 2.04. The predicted molar refractivity (Wildman–Crippen MR) is 49.8 cm³/mol. The molecule has 0 aliphatic rings. The molecule has 1 N–H and O–H groups in total. The minimum Gasteiger partial charge on any atom is -0.387 e. The molecule has 0 aromatic heterocycles. The van der Waals surface area contributed by atoms with Gasteiger partial charge >= 0.3 is 0 Å². The summed E-state index contributed by atoms with van der Waals surface area (Å²) >= 11 is 5.69. The summed E-state index contributed by atoms with van der Waals surface area (Å²) < 4.78 is 13.1. The van der Waals surface area contributed by atoms with E-state index in [1.807, 2.05) is 0 Å². The first-order valence-electron chi connectivity index (χ1n) is 3.72. The molecular weight excluding hydrogens is 191 g/mol. The first-order chi connectivity index (χ1) is 6.16. The number of hydrogen-bond acceptors (Lipinski definition) is 1. The summed E-state index contributed by atoms with van der Waals surface area (Å²) in [5.74, 6) is 1.71. The highest BCUT2D eigenvalue weighted by Crippen LogP contribution is 2.27. The van der Waals surface area contributed by atoms with Gasteiger partial charge in [-0.25, -0.2) is 4.39 Å². The summed E-state index contributed by atoms with van der Waals surface area (Å²) in [5, 5.41) is 9.61. The summed E-state index contributed by atoms with van der Waals surface area (Å²) in [6.07, 6.45) is 4.02. The summed E-state index contributed by atoms with van der Waals surface area (Å²) in [6.45, 7) is 0. The van der Waals surface area contributed by atoms with Crippen molar-refractivity contribution < 1.29 is 9.50 Å². The van der Waals surface area contributed by atoms with E-state index >= 15 is 0 Å². The first kappa shape index (κ1) is 10.0. The van der Waals surface area contributed by atoms with Crippen molar-refractivity contribution in [3.63, 3.8) is 0 Å². The fourth-order valence-corrected chi connectivity index (χ4v) is 1.33. The van der Waals surface area contributed by atoms with Gasteiger partial charge in [0.1, 0.15) is 5.82 Å². The van der Waals surface area contributed by atoms with Gasteiger partial charge in [-0.05, 0) is 12.1 Å². The summed E-state index contributed by atoms with van der Waals surface area (Å²) in [4.78, 5) is 0. The molecule has 0 amide bonds. The van der Waals surface area contributed by atoms with Crippen molar-refractivity contribution in [1.82, 2.24) is 0 Å². The number of terminal acetylenes is 1. The van der Waals surface area contributed by atoms with E-state index in [0.717, 1.165) is 0 Å². The summed E-state index contributed by atoms with van der Waals surface area (Å²) in [5.41, 5.74) is 0.0714. The van der Waals surface area contributed by atoms with Crippen LogP contribution in [0.4, 0.5) is 4.39 Å². The normalized spacial score (nSPS) is 12.2. The second-order valence-electron chi connectivity index (χ2n) is 2.56. The lowest BCUT2D eigenvalue weighted by atomic mass is 10.1. The number of benzene rings is 1. The van der Waals surface area contributed by atoms with Crippen molar-refractivity contribution in [2.45, 2.75) is 12.5 Å². The molecule has 68 valence electrons. The molecule has 1 rings (SSSR count). The van der Waals surface area contributed by atoms with Crippen LogP contribution in [0.25, 0.3) is 0 Å². The van der Waals surface area contributed by atoms with Crippen LogP contribution >= 0.6 is 11.6 Å². The van der Waals surface area contributed by atoms with Crippen LogP contribution in [0.5, 0.6) is 0 Å². The Morgan fingerprint density at radius 2 is 2.31 bits per heavy atom. The molecule has 0 spiro atoms. The number of halogens is 2. The van der Waals surface area contributed by atoms with Crippen molar-refractivity contribution in [3.8, 4) is 12.3 Å². The summed E-state index contributed by atoms with van der Waals surface area (Å²) in [6, 6.07) is 4.23. The first-order valence-corrected chi connectivity index (χ1v) is 4.10. The van der Waals surface area contributed by atoms with Crippen molar-refractivity contribution in [1.29, 1.82) is 0 Å². The molecular formula is C10H8ClFO. The van der Waals surface area contributed by atoms with Crippen molar-refractivity contribution >= 4 is 11.6 Å². The monoisotopic (exact) mass is 198 g/mol. The van der Waals surface area contributed by atoms with E-state index in [-0.39, 0.29) is 17.0 Å². The molecule has 0 fully saturated rings.